The molecule has 25 heavy (non-hydrogen) atoms. The second kappa shape index (κ2) is 5.32. The third-order valence-corrected chi connectivity index (χ3v) is 3.97. The van der Waals surface area contributed by atoms with Gasteiger partial charge in [0.15, 0.2) is 5.58 Å². The molecule has 0 aliphatic carbocycles. The normalized spacial score (nSPS) is 10.8. The van der Waals surface area contributed by atoms with Gasteiger partial charge in [-0.1, -0.05) is 12.1 Å². The summed E-state index contributed by atoms with van der Waals surface area (Å²) in [5.74, 6) is 0. The number of non-ortho nitro benzene ring substituents is 1. The van der Waals surface area contributed by atoms with E-state index in [1.54, 1.807) is 6.07 Å². The molecule has 0 N–H and O–H groups in total. The summed E-state index contributed by atoms with van der Waals surface area (Å²) >= 11 is 0. The molecule has 0 bridgehead atoms. The third kappa shape index (κ3) is 2.16. The van der Waals surface area contributed by atoms with Gasteiger partial charge in [0.1, 0.15) is 22.7 Å². The van der Waals surface area contributed by atoms with E-state index >= 15 is 0 Å². The second-order valence-electron chi connectivity index (χ2n) is 5.39. The number of nitro benzene ring substituents is 1. The SMILES string of the molecule is N#Cc1cc2oc3ccccc3c2n(-c2ccc([N+](=O)[O-])cc2)c1=O. The van der Waals surface area contributed by atoms with Gasteiger partial charge in [0.05, 0.1) is 4.92 Å². The van der Waals surface area contributed by atoms with Crippen molar-refractivity contribution in [2.75, 3.05) is 0 Å². The number of rotatable bonds is 2. The van der Waals surface area contributed by atoms with Gasteiger partial charge in [-0.15, -0.1) is 0 Å². The fourth-order valence-corrected chi connectivity index (χ4v) is 2.84. The molecule has 0 amide bonds. The van der Waals surface area contributed by atoms with Crippen LogP contribution in [0.2, 0.25) is 0 Å². The number of nitriles is 1. The maximum atomic E-state index is 12.7. The standard InChI is InChI=1S/C18H9N3O4/c19-10-11-9-16-17(14-3-1-2-4-15(14)25-16)20(18(11)22)12-5-7-13(8-6-12)21(23)24/h1-9H. The Balaban J connectivity index is 2.14. The van der Waals surface area contributed by atoms with Crippen LogP contribution in [0.4, 0.5) is 5.69 Å². The van der Waals surface area contributed by atoms with E-state index < -0.39 is 10.5 Å². The van der Waals surface area contributed by atoms with Gasteiger partial charge in [0, 0.05) is 29.3 Å². The molecule has 7 nitrogen and oxygen atoms in total. The summed E-state index contributed by atoms with van der Waals surface area (Å²) in [6.07, 6.45) is 0. The number of hydrogen-bond donors (Lipinski definition) is 0. The quantitative estimate of drug-likeness (QED) is 0.413. The van der Waals surface area contributed by atoms with Crippen molar-refractivity contribution in [3.05, 3.63) is 80.6 Å². The van der Waals surface area contributed by atoms with Crippen LogP contribution in [0.1, 0.15) is 5.56 Å². The first-order chi connectivity index (χ1) is 12.1. The minimum Gasteiger partial charge on any atom is -0.454 e. The maximum absolute atomic E-state index is 12.7. The lowest BCUT2D eigenvalue weighted by molar-refractivity contribution is -0.384. The summed E-state index contributed by atoms with van der Waals surface area (Å²) in [6, 6.07) is 16.1. The molecule has 2 aromatic carbocycles. The van der Waals surface area contributed by atoms with E-state index in [0.29, 0.717) is 22.4 Å². The van der Waals surface area contributed by atoms with Crippen molar-refractivity contribution in [3.63, 3.8) is 0 Å². The first-order valence-electron chi connectivity index (χ1n) is 7.32. The molecule has 0 radical (unpaired) electrons. The Bertz CT molecular complexity index is 1240. The molecule has 4 aromatic rings. The van der Waals surface area contributed by atoms with Crippen LogP contribution in [0.3, 0.4) is 0 Å². The Morgan fingerprint density at radius 3 is 2.48 bits per heavy atom. The van der Waals surface area contributed by atoms with E-state index in [9.17, 15) is 20.2 Å². The van der Waals surface area contributed by atoms with E-state index in [4.69, 9.17) is 4.42 Å². The molecule has 0 spiro atoms. The smallest absolute Gasteiger partial charge is 0.273 e. The zero-order valence-electron chi connectivity index (χ0n) is 12.7. The molecule has 0 saturated heterocycles. The average Bonchev–Trinajstić information content (AvgIpc) is 2.99. The van der Waals surface area contributed by atoms with Gasteiger partial charge < -0.3 is 4.42 Å². The van der Waals surface area contributed by atoms with Gasteiger partial charge in [-0.3, -0.25) is 19.5 Å². The van der Waals surface area contributed by atoms with Crippen LogP contribution in [-0.4, -0.2) is 9.49 Å². The maximum Gasteiger partial charge on any atom is 0.273 e. The Morgan fingerprint density at radius 2 is 1.80 bits per heavy atom. The highest BCUT2D eigenvalue weighted by Gasteiger charge is 2.17. The molecule has 0 atom stereocenters. The van der Waals surface area contributed by atoms with Gasteiger partial charge >= 0.3 is 0 Å². The van der Waals surface area contributed by atoms with Crippen LogP contribution >= 0.6 is 0 Å². The predicted molar refractivity (Wildman–Crippen MR) is 90.7 cm³/mol. The number of aromatic nitrogens is 1. The zero-order chi connectivity index (χ0) is 17.6. The number of fused-ring (bicyclic) bond motifs is 3. The predicted octanol–water partition coefficient (Wildman–Crippen LogP) is 3.52. The van der Waals surface area contributed by atoms with E-state index in [2.05, 4.69) is 0 Å². The van der Waals surface area contributed by atoms with E-state index in [1.807, 2.05) is 24.3 Å². The summed E-state index contributed by atoms with van der Waals surface area (Å²) in [4.78, 5) is 23.1. The largest absolute Gasteiger partial charge is 0.454 e. The fraction of sp³-hybridized carbons (Fsp3) is 0. The van der Waals surface area contributed by atoms with Crippen LogP contribution in [0.25, 0.3) is 27.8 Å². The molecule has 0 fully saturated rings. The van der Waals surface area contributed by atoms with Gasteiger partial charge in [-0.25, -0.2) is 0 Å². The van der Waals surface area contributed by atoms with Crippen molar-refractivity contribution in [2.24, 2.45) is 0 Å². The molecule has 4 rings (SSSR count). The van der Waals surface area contributed by atoms with Crippen molar-refractivity contribution < 1.29 is 9.34 Å². The molecule has 0 unspecified atom stereocenters. The van der Waals surface area contributed by atoms with Crippen molar-refractivity contribution in [3.8, 4) is 11.8 Å². The number of nitrogens with zero attached hydrogens (tertiary/aromatic N) is 3. The summed E-state index contributed by atoms with van der Waals surface area (Å²) in [6.45, 7) is 0. The highest BCUT2D eigenvalue weighted by Crippen LogP contribution is 2.30. The number of hydrogen-bond acceptors (Lipinski definition) is 5. The van der Waals surface area contributed by atoms with Crippen LogP contribution < -0.4 is 5.56 Å². The number of benzene rings is 2. The van der Waals surface area contributed by atoms with Crippen molar-refractivity contribution in [1.82, 2.24) is 4.57 Å². The van der Waals surface area contributed by atoms with Gasteiger partial charge in [-0.2, -0.15) is 5.26 Å². The molecule has 0 aliphatic heterocycles. The van der Waals surface area contributed by atoms with E-state index in [0.717, 1.165) is 5.39 Å². The number of pyridine rings is 1. The van der Waals surface area contributed by atoms with Crippen LogP contribution in [-0.2, 0) is 0 Å². The molecule has 0 saturated carbocycles. The molecule has 2 aromatic heterocycles. The monoisotopic (exact) mass is 331 g/mol. The van der Waals surface area contributed by atoms with Crippen molar-refractivity contribution in [1.29, 1.82) is 5.26 Å². The third-order valence-electron chi connectivity index (χ3n) is 3.97. The second-order valence-corrected chi connectivity index (χ2v) is 5.39. The van der Waals surface area contributed by atoms with Crippen LogP contribution in [0.15, 0.2) is 63.8 Å². The highest BCUT2D eigenvalue weighted by atomic mass is 16.6. The molecular weight excluding hydrogens is 322 g/mol. The average molecular weight is 331 g/mol. The minimum absolute atomic E-state index is 0.0649. The first kappa shape index (κ1) is 14.7. The molecule has 120 valence electrons. The Morgan fingerprint density at radius 1 is 1.08 bits per heavy atom. The minimum atomic E-state index is -0.513. The summed E-state index contributed by atoms with van der Waals surface area (Å²) < 4.78 is 7.11. The number of nitro groups is 1. The number of para-hydroxylation sites is 1. The molecular formula is C18H9N3O4. The van der Waals surface area contributed by atoms with Gasteiger partial charge in [0.25, 0.3) is 11.2 Å². The van der Waals surface area contributed by atoms with Crippen molar-refractivity contribution in [2.45, 2.75) is 0 Å². The Hall–Kier alpha value is -3.92. The first-order valence-corrected chi connectivity index (χ1v) is 7.32. The molecule has 7 heteroatoms. The van der Waals surface area contributed by atoms with Crippen molar-refractivity contribution >= 4 is 27.8 Å². The topological polar surface area (TPSA) is 102 Å². The lowest BCUT2D eigenvalue weighted by atomic mass is 10.2. The number of furan rings is 1. The van der Waals surface area contributed by atoms with E-state index in [1.165, 1.54) is 34.9 Å². The highest BCUT2D eigenvalue weighted by molar-refractivity contribution is 6.03. The van der Waals surface area contributed by atoms with Gasteiger partial charge in [0.2, 0.25) is 0 Å². The Labute approximate surface area is 140 Å². The molecule has 2 heterocycles. The lowest BCUT2D eigenvalue weighted by Gasteiger charge is -2.08. The van der Waals surface area contributed by atoms with Gasteiger partial charge in [-0.05, 0) is 24.3 Å². The summed E-state index contributed by atoms with van der Waals surface area (Å²) in [7, 11) is 0. The summed E-state index contributed by atoms with van der Waals surface area (Å²) in [5.41, 5.74) is 1.28. The summed E-state index contributed by atoms with van der Waals surface area (Å²) in [5, 5.41) is 20.8. The zero-order valence-corrected chi connectivity index (χ0v) is 12.7. The Kier molecular flexibility index (Phi) is 3.12. The van der Waals surface area contributed by atoms with Crippen LogP contribution in [0.5, 0.6) is 0 Å². The van der Waals surface area contributed by atoms with E-state index in [-0.39, 0.29) is 11.3 Å². The lowest BCUT2D eigenvalue weighted by Crippen LogP contribution is -2.21. The fourth-order valence-electron chi connectivity index (χ4n) is 2.84. The molecule has 0 aliphatic rings. The van der Waals surface area contributed by atoms with Crippen LogP contribution in [0, 0.1) is 21.4 Å².